The van der Waals surface area contributed by atoms with Crippen molar-refractivity contribution in [2.24, 2.45) is 0 Å². The lowest BCUT2D eigenvalue weighted by atomic mass is 10.2. The van der Waals surface area contributed by atoms with Crippen LogP contribution in [0.5, 0.6) is 5.75 Å². The highest BCUT2D eigenvalue weighted by Gasteiger charge is 2.07. The Labute approximate surface area is 79.2 Å². The minimum atomic E-state index is 0.488. The standard InChI is InChI=1S/C8H9BrN2O/c1-12-8-6(9)3-2-5(4-10)7(8)11/h2-4,10H,11H2,1H3. The molecule has 0 aliphatic rings. The predicted octanol–water partition coefficient (Wildman–Crippen LogP) is 2.04. The maximum Gasteiger partial charge on any atom is 0.156 e. The van der Waals surface area contributed by atoms with Gasteiger partial charge in [-0.3, -0.25) is 0 Å². The van der Waals surface area contributed by atoms with Crippen molar-refractivity contribution >= 4 is 27.8 Å². The monoisotopic (exact) mass is 228 g/mol. The molecule has 0 aromatic heterocycles. The van der Waals surface area contributed by atoms with Crippen molar-refractivity contribution in [1.29, 1.82) is 5.41 Å². The highest BCUT2D eigenvalue weighted by atomic mass is 79.9. The van der Waals surface area contributed by atoms with E-state index in [2.05, 4.69) is 15.9 Å². The highest BCUT2D eigenvalue weighted by Crippen LogP contribution is 2.32. The van der Waals surface area contributed by atoms with Gasteiger partial charge in [0.2, 0.25) is 0 Å². The van der Waals surface area contributed by atoms with Crippen molar-refractivity contribution in [1.82, 2.24) is 0 Å². The SMILES string of the molecule is COc1c(Br)ccc(C=N)c1N. The van der Waals surface area contributed by atoms with E-state index in [0.29, 0.717) is 17.0 Å². The average Bonchev–Trinajstić information content (AvgIpc) is 2.06. The summed E-state index contributed by atoms with van der Waals surface area (Å²) < 4.78 is 5.84. The summed E-state index contributed by atoms with van der Waals surface area (Å²) >= 11 is 3.29. The van der Waals surface area contributed by atoms with Crippen LogP contribution in [0.3, 0.4) is 0 Å². The summed E-state index contributed by atoms with van der Waals surface area (Å²) in [6, 6.07) is 3.56. The summed E-state index contributed by atoms with van der Waals surface area (Å²) in [4.78, 5) is 0. The topological polar surface area (TPSA) is 59.1 Å². The first kappa shape index (κ1) is 9.06. The van der Waals surface area contributed by atoms with Gasteiger partial charge in [0.15, 0.2) is 5.75 Å². The molecule has 0 saturated heterocycles. The van der Waals surface area contributed by atoms with Crippen molar-refractivity contribution < 1.29 is 4.74 Å². The number of nitrogens with one attached hydrogen (secondary N) is 1. The van der Waals surface area contributed by atoms with Crippen LogP contribution in [0.25, 0.3) is 0 Å². The van der Waals surface area contributed by atoms with Gasteiger partial charge in [0.25, 0.3) is 0 Å². The molecule has 0 atom stereocenters. The van der Waals surface area contributed by atoms with Crippen LogP contribution in [0.4, 0.5) is 5.69 Å². The summed E-state index contributed by atoms with van der Waals surface area (Å²) in [7, 11) is 1.55. The molecule has 0 bridgehead atoms. The zero-order chi connectivity index (χ0) is 9.14. The zero-order valence-electron chi connectivity index (χ0n) is 6.60. The number of nitrogens with two attached hydrogens (primary N) is 1. The van der Waals surface area contributed by atoms with Gasteiger partial charge in [-0.25, -0.2) is 0 Å². The first-order chi connectivity index (χ1) is 5.70. The smallest absolute Gasteiger partial charge is 0.156 e. The second-order valence-electron chi connectivity index (χ2n) is 2.23. The molecule has 0 heterocycles. The Bertz CT molecular complexity index is 312. The van der Waals surface area contributed by atoms with Crippen LogP contribution in [0.1, 0.15) is 5.56 Å². The Kier molecular flexibility index (Phi) is 2.70. The van der Waals surface area contributed by atoms with Crippen LogP contribution in [-0.2, 0) is 0 Å². The fourth-order valence-electron chi connectivity index (χ4n) is 0.921. The van der Waals surface area contributed by atoms with Gasteiger partial charge in [0.05, 0.1) is 17.3 Å². The number of nitrogen functional groups attached to an aromatic ring is 1. The quantitative estimate of drug-likeness (QED) is 0.602. The van der Waals surface area contributed by atoms with Crippen molar-refractivity contribution in [3.8, 4) is 5.75 Å². The largest absolute Gasteiger partial charge is 0.493 e. The lowest BCUT2D eigenvalue weighted by Crippen LogP contribution is -1.97. The van der Waals surface area contributed by atoms with Gasteiger partial charge >= 0.3 is 0 Å². The lowest BCUT2D eigenvalue weighted by Gasteiger charge is -2.08. The van der Waals surface area contributed by atoms with Gasteiger partial charge in [-0.2, -0.15) is 0 Å². The number of hydrogen-bond acceptors (Lipinski definition) is 3. The number of anilines is 1. The molecule has 1 rings (SSSR count). The van der Waals surface area contributed by atoms with Crippen molar-refractivity contribution in [2.75, 3.05) is 12.8 Å². The van der Waals surface area contributed by atoms with Gasteiger partial charge in [-0.05, 0) is 28.1 Å². The van der Waals surface area contributed by atoms with E-state index >= 15 is 0 Å². The van der Waals surface area contributed by atoms with E-state index in [1.807, 2.05) is 0 Å². The summed E-state index contributed by atoms with van der Waals surface area (Å²) in [5, 5.41) is 7.05. The molecule has 3 nitrogen and oxygen atoms in total. The fourth-order valence-corrected chi connectivity index (χ4v) is 1.43. The first-order valence-electron chi connectivity index (χ1n) is 3.33. The van der Waals surface area contributed by atoms with E-state index in [-0.39, 0.29) is 0 Å². The van der Waals surface area contributed by atoms with Crippen molar-refractivity contribution in [3.05, 3.63) is 22.2 Å². The van der Waals surface area contributed by atoms with Gasteiger partial charge in [0.1, 0.15) is 0 Å². The minimum absolute atomic E-state index is 0.488. The van der Waals surface area contributed by atoms with Gasteiger partial charge < -0.3 is 15.9 Å². The number of ether oxygens (including phenoxy) is 1. The van der Waals surface area contributed by atoms with Gasteiger partial charge in [-0.15, -0.1) is 0 Å². The van der Waals surface area contributed by atoms with Gasteiger partial charge in [0, 0.05) is 11.8 Å². The van der Waals surface area contributed by atoms with Crippen LogP contribution >= 0.6 is 15.9 Å². The first-order valence-corrected chi connectivity index (χ1v) is 4.12. The summed E-state index contributed by atoms with van der Waals surface area (Å²) in [5.74, 6) is 0.580. The van der Waals surface area contributed by atoms with E-state index in [1.165, 1.54) is 6.21 Å². The predicted molar refractivity (Wildman–Crippen MR) is 53.0 cm³/mol. The third kappa shape index (κ3) is 1.43. The molecular formula is C8H9BrN2O. The van der Waals surface area contributed by atoms with Crippen LogP contribution in [-0.4, -0.2) is 13.3 Å². The molecule has 12 heavy (non-hydrogen) atoms. The van der Waals surface area contributed by atoms with E-state index in [9.17, 15) is 0 Å². The molecule has 64 valence electrons. The Morgan fingerprint density at radius 1 is 1.58 bits per heavy atom. The Morgan fingerprint density at radius 3 is 2.75 bits per heavy atom. The van der Waals surface area contributed by atoms with Crippen LogP contribution < -0.4 is 10.5 Å². The van der Waals surface area contributed by atoms with Crippen LogP contribution in [0, 0.1) is 5.41 Å². The highest BCUT2D eigenvalue weighted by molar-refractivity contribution is 9.10. The molecule has 1 aromatic rings. The zero-order valence-corrected chi connectivity index (χ0v) is 8.18. The Balaban J connectivity index is 3.33. The third-order valence-corrected chi connectivity index (χ3v) is 2.17. The van der Waals surface area contributed by atoms with E-state index in [1.54, 1.807) is 19.2 Å². The number of halogens is 1. The number of rotatable bonds is 2. The second kappa shape index (κ2) is 3.58. The molecule has 4 heteroatoms. The normalized spacial score (nSPS) is 9.50. The van der Waals surface area contributed by atoms with Crippen molar-refractivity contribution in [2.45, 2.75) is 0 Å². The molecule has 0 radical (unpaired) electrons. The van der Waals surface area contributed by atoms with Crippen molar-refractivity contribution in [3.63, 3.8) is 0 Å². The third-order valence-electron chi connectivity index (χ3n) is 1.54. The summed E-state index contributed by atoms with van der Waals surface area (Å²) in [6.45, 7) is 0. The Hall–Kier alpha value is -1.03. The van der Waals surface area contributed by atoms with Crippen LogP contribution in [0.15, 0.2) is 16.6 Å². The lowest BCUT2D eigenvalue weighted by molar-refractivity contribution is 0.414. The summed E-state index contributed by atoms with van der Waals surface area (Å²) in [5.41, 5.74) is 6.85. The Morgan fingerprint density at radius 2 is 2.25 bits per heavy atom. The second-order valence-corrected chi connectivity index (χ2v) is 3.08. The molecule has 0 fully saturated rings. The molecule has 0 unspecified atom stereocenters. The molecule has 1 aromatic carbocycles. The fraction of sp³-hybridized carbons (Fsp3) is 0.125. The summed E-state index contributed by atoms with van der Waals surface area (Å²) in [6.07, 6.45) is 1.20. The number of hydrogen-bond donors (Lipinski definition) is 2. The molecule has 3 N–H and O–H groups in total. The maximum atomic E-state index is 7.05. The molecule has 0 saturated carbocycles. The van der Waals surface area contributed by atoms with Crippen LogP contribution in [0.2, 0.25) is 0 Å². The van der Waals surface area contributed by atoms with E-state index < -0.39 is 0 Å². The maximum absolute atomic E-state index is 7.05. The van der Waals surface area contributed by atoms with Gasteiger partial charge in [-0.1, -0.05) is 0 Å². The molecular weight excluding hydrogens is 220 g/mol. The van der Waals surface area contributed by atoms with E-state index in [4.69, 9.17) is 15.9 Å². The average molecular weight is 229 g/mol. The molecule has 0 amide bonds. The number of methoxy groups -OCH3 is 1. The molecule has 0 spiro atoms. The van der Waals surface area contributed by atoms with E-state index in [0.717, 1.165) is 4.47 Å². The molecule has 0 aliphatic heterocycles. The molecule has 0 aliphatic carbocycles. The number of benzene rings is 1. The minimum Gasteiger partial charge on any atom is -0.493 e.